The molecule has 0 saturated carbocycles. The number of hydrogen-bond acceptors (Lipinski definition) is 4. The molecular weight excluding hydrogens is 316 g/mol. The maximum Gasteiger partial charge on any atom is 0.151 e. The van der Waals surface area contributed by atoms with Crippen LogP contribution < -0.4 is 5.73 Å². The summed E-state index contributed by atoms with van der Waals surface area (Å²) in [6.07, 6.45) is 0.711. The standard InChI is InChI=1S/C12H17BrN2O2S/c13-12-10(3-1-4-11(12)14)9-15-5-2-7-18(16,17)8-6-15/h1,3-4H,2,5-9,14H2. The van der Waals surface area contributed by atoms with Gasteiger partial charge in [0.25, 0.3) is 0 Å². The SMILES string of the molecule is Nc1cccc(CN2CCCS(=O)(=O)CC2)c1Br. The summed E-state index contributed by atoms with van der Waals surface area (Å²) in [6.45, 7) is 2.16. The number of nitrogen functional groups attached to an aromatic ring is 1. The summed E-state index contributed by atoms with van der Waals surface area (Å²) in [5.74, 6) is 0.564. The minimum Gasteiger partial charge on any atom is -0.398 e. The van der Waals surface area contributed by atoms with Crippen molar-refractivity contribution in [2.45, 2.75) is 13.0 Å². The van der Waals surface area contributed by atoms with Crippen molar-refractivity contribution in [3.63, 3.8) is 0 Å². The van der Waals surface area contributed by atoms with E-state index >= 15 is 0 Å². The highest BCUT2D eigenvalue weighted by molar-refractivity contribution is 9.10. The minimum absolute atomic E-state index is 0.257. The number of benzene rings is 1. The Morgan fingerprint density at radius 1 is 1.28 bits per heavy atom. The Hall–Kier alpha value is -0.590. The van der Waals surface area contributed by atoms with E-state index in [2.05, 4.69) is 20.8 Å². The highest BCUT2D eigenvalue weighted by atomic mass is 79.9. The zero-order chi connectivity index (χ0) is 13.2. The first kappa shape index (κ1) is 13.8. The van der Waals surface area contributed by atoms with Crippen LogP contribution in [0.15, 0.2) is 22.7 Å². The smallest absolute Gasteiger partial charge is 0.151 e. The van der Waals surface area contributed by atoms with Gasteiger partial charge in [-0.25, -0.2) is 8.42 Å². The van der Waals surface area contributed by atoms with Crippen molar-refractivity contribution < 1.29 is 8.42 Å². The monoisotopic (exact) mass is 332 g/mol. The molecule has 1 heterocycles. The maximum absolute atomic E-state index is 11.5. The van der Waals surface area contributed by atoms with Crippen LogP contribution in [0.1, 0.15) is 12.0 Å². The average molecular weight is 333 g/mol. The topological polar surface area (TPSA) is 63.4 Å². The van der Waals surface area contributed by atoms with E-state index < -0.39 is 9.84 Å². The van der Waals surface area contributed by atoms with Gasteiger partial charge in [0, 0.05) is 23.2 Å². The first-order chi connectivity index (χ1) is 8.48. The Morgan fingerprint density at radius 2 is 2.06 bits per heavy atom. The number of anilines is 1. The van der Waals surface area contributed by atoms with Gasteiger partial charge in [0.15, 0.2) is 9.84 Å². The lowest BCUT2D eigenvalue weighted by atomic mass is 10.2. The third-order valence-electron chi connectivity index (χ3n) is 3.15. The Balaban J connectivity index is 2.08. The molecule has 1 aromatic carbocycles. The van der Waals surface area contributed by atoms with Gasteiger partial charge in [-0.2, -0.15) is 0 Å². The number of hydrogen-bond donors (Lipinski definition) is 1. The summed E-state index contributed by atoms with van der Waals surface area (Å²) in [4.78, 5) is 2.17. The van der Waals surface area contributed by atoms with E-state index in [4.69, 9.17) is 5.73 Å². The Morgan fingerprint density at radius 3 is 2.83 bits per heavy atom. The van der Waals surface area contributed by atoms with Gasteiger partial charge in [-0.15, -0.1) is 0 Å². The molecule has 1 aromatic rings. The van der Waals surface area contributed by atoms with Crippen LogP contribution in [0.2, 0.25) is 0 Å². The summed E-state index contributed by atoms with van der Waals surface area (Å²) in [7, 11) is -2.84. The molecule has 18 heavy (non-hydrogen) atoms. The fourth-order valence-corrected chi connectivity index (χ4v) is 3.81. The molecule has 1 aliphatic heterocycles. The number of nitrogens with zero attached hydrogens (tertiary/aromatic N) is 1. The van der Waals surface area contributed by atoms with Gasteiger partial charge in [-0.3, -0.25) is 4.90 Å². The van der Waals surface area contributed by atoms with Crippen LogP contribution in [0.3, 0.4) is 0 Å². The first-order valence-corrected chi connectivity index (χ1v) is 8.55. The van der Waals surface area contributed by atoms with E-state index in [9.17, 15) is 8.42 Å². The van der Waals surface area contributed by atoms with Crippen molar-refractivity contribution in [1.29, 1.82) is 0 Å². The molecule has 0 spiro atoms. The van der Waals surface area contributed by atoms with Gasteiger partial charge < -0.3 is 5.73 Å². The lowest BCUT2D eigenvalue weighted by Crippen LogP contribution is -2.26. The maximum atomic E-state index is 11.5. The van der Waals surface area contributed by atoms with E-state index in [1.165, 1.54) is 0 Å². The molecule has 2 N–H and O–H groups in total. The van der Waals surface area contributed by atoms with Crippen LogP contribution in [-0.4, -0.2) is 37.9 Å². The summed E-state index contributed by atoms with van der Waals surface area (Å²) in [5.41, 5.74) is 7.66. The van der Waals surface area contributed by atoms with E-state index in [0.717, 1.165) is 28.8 Å². The van der Waals surface area contributed by atoms with Gasteiger partial charge in [0.05, 0.1) is 11.5 Å². The molecule has 6 heteroatoms. The number of halogens is 1. The third kappa shape index (κ3) is 3.46. The van der Waals surface area contributed by atoms with E-state index in [0.29, 0.717) is 18.7 Å². The lowest BCUT2D eigenvalue weighted by molar-refractivity contribution is 0.287. The van der Waals surface area contributed by atoms with Crippen LogP contribution in [-0.2, 0) is 16.4 Å². The van der Waals surface area contributed by atoms with Crippen molar-refractivity contribution in [3.05, 3.63) is 28.2 Å². The van der Waals surface area contributed by atoms with Gasteiger partial charge in [0.1, 0.15) is 0 Å². The third-order valence-corrected chi connectivity index (χ3v) is 5.83. The van der Waals surface area contributed by atoms with Crippen LogP contribution in [0, 0.1) is 0 Å². The van der Waals surface area contributed by atoms with Crippen LogP contribution in [0.25, 0.3) is 0 Å². The van der Waals surface area contributed by atoms with Crippen LogP contribution >= 0.6 is 15.9 Å². The minimum atomic E-state index is -2.84. The van der Waals surface area contributed by atoms with Crippen molar-refractivity contribution in [1.82, 2.24) is 4.90 Å². The molecule has 100 valence electrons. The van der Waals surface area contributed by atoms with Crippen molar-refractivity contribution >= 4 is 31.5 Å². The molecule has 1 saturated heterocycles. The Bertz CT molecular complexity index is 531. The lowest BCUT2D eigenvalue weighted by Gasteiger charge is -2.20. The molecule has 4 nitrogen and oxygen atoms in total. The first-order valence-electron chi connectivity index (χ1n) is 5.93. The summed E-state index contributed by atoms with van der Waals surface area (Å²) >= 11 is 3.48. The number of sulfone groups is 1. The van der Waals surface area contributed by atoms with E-state index in [-0.39, 0.29) is 5.75 Å². The second-order valence-corrected chi connectivity index (χ2v) is 7.70. The molecule has 0 unspecified atom stereocenters. The Kier molecular flexibility index (Phi) is 4.29. The Labute approximate surface area is 116 Å². The molecule has 0 aliphatic carbocycles. The highest BCUT2D eigenvalue weighted by Crippen LogP contribution is 2.25. The predicted molar refractivity (Wildman–Crippen MR) is 77.1 cm³/mol. The average Bonchev–Trinajstić information content (AvgIpc) is 2.47. The number of nitrogens with two attached hydrogens (primary N) is 1. The van der Waals surface area contributed by atoms with Gasteiger partial charge >= 0.3 is 0 Å². The zero-order valence-corrected chi connectivity index (χ0v) is 12.5. The van der Waals surface area contributed by atoms with Crippen LogP contribution in [0.5, 0.6) is 0 Å². The predicted octanol–water partition coefficient (Wildman–Crippen LogP) is 1.65. The highest BCUT2D eigenvalue weighted by Gasteiger charge is 2.19. The molecule has 1 fully saturated rings. The normalized spacial score (nSPS) is 20.5. The number of rotatable bonds is 2. The summed E-state index contributed by atoms with van der Waals surface area (Å²) < 4.78 is 24.0. The summed E-state index contributed by atoms with van der Waals surface area (Å²) in [6, 6.07) is 5.78. The molecule has 0 amide bonds. The van der Waals surface area contributed by atoms with Gasteiger partial charge in [-0.1, -0.05) is 12.1 Å². The second kappa shape index (κ2) is 5.59. The zero-order valence-electron chi connectivity index (χ0n) is 10.1. The second-order valence-electron chi connectivity index (χ2n) is 4.60. The van der Waals surface area contributed by atoms with Gasteiger partial charge in [-0.05, 0) is 40.5 Å². The fourth-order valence-electron chi connectivity index (χ4n) is 2.11. The molecule has 0 atom stereocenters. The van der Waals surface area contributed by atoms with Crippen molar-refractivity contribution in [2.24, 2.45) is 0 Å². The molecular formula is C12H17BrN2O2S. The summed E-state index contributed by atoms with van der Waals surface area (Å²) in [5, 5.41) is 0. The van der Waals surface area contributed by atoms with Crippen molar-refractivity contribution in [3.8, 4) is 0 Å². The molecule has 0 bridgehead atoms. The van der Waals surface area contributed by atoms with Crippen molar-refractivity contribution in [2.75, 3.05) is 30.3 Å². The van der Waals surface area contributed by atoms with E-state index in [1.54, 1.807) is 0 Å². The molecule has 2 rings (SSSR count). The fraction of sp³-hybridized carbons (Fsp3) is 0.500. The van der Waals surface area contributed by atoms with Crippen LogP contribution in [0.4, 0.5) is 5.69 Å². The molecule has 0 radical (unpaired) electrons. The quantitative estimate of drug-likeness (QED) is 0.836. The molecule has 0 aromatic heterocycles. The largest absolute Gasteiger partial charge is 0.398 e. The van der Waals surface area contributed by atoms with E-state index in [1.807, 2.05) is 18.2 Å². The van der Waals surface area contributed by atoms with Gasteiger partial charge in [0.2, 0.25) is 0 Å². The molecule has 1 aliphatic rings.